The van der Waals surface area contributed by atoms with Crippen LogP contribution in [0.1, 0.15) is 17.5 Å². The fraction of sp³-hybridized carbons (Fsp3) is 0.176. The molecule has 1 nitrogen and oxygen atoms in total. The molecule has 0 bridgehead atoms. The summed E-state index contributed by atoms with van der Waals surface area (Å²) < 4.78 is 6.59. The van der Waals surface area contributed by atoms with Crippen molar-refractivity contribution in [2.45, 2.75) is 6.42 Å². The predicted octanol–water partition coefficient (Wildman–Crippen LogP) is 4.86. The lowest BCUT2D eigenvalue weighted by atomic mass is 10.2. The van der Waals surface area contributed by atoms with Crippen LogP contribution in [0.2, 0.25) is 0 Å². The van der Waals surface area contributed by atoms with Crippen molar-refractivity contribution in [2.24, 2.45) is 0 Å². The molecule has 2 rings (SSSR count). The number of ether oxygens (including phenoxy) is 1. The van der Waals surface area contributed by atoms with Crippen LogP contribution >= 0.6 is 27.5 Å². The van der Waals surface area contributed by atoms with E-state index < -0.39 is 0 Å². The molecule has 0 aliphatic rings. The summed E-state index contributed by atoms with van der Waals surface area (Å²) >= 11 is 9.11. The Bertz CT molecular complexity index is 614. The third-order valence-electron chi connectivity index (χ3n) is 2.54. The summed E-state index contributed by atoms with van der Waals surface area (Å²) in [6, 6.07) is 15.8. The van der Waals surface area contributed by atoms with E-state index in [-0.39, 0.29) is 0 Å². The van der Waals surface area contributed by atoms with E-state index in [2.05, 4.69) is 27.8 Å². The quantitative estimate of drug-likeness (QED) is 0.435. The third-order valence-corrected chi connectivity index (χ3v) is 3.27. The maximum Gasteiger partial charge on any atom is 0.121 e. The summed E-state index contributed by atoms with van der Waals surface area (Å²) in [5.74, 6) is 7.69. The first-order valence-electron chi connectivity index (χ1n) is 6.34. The number of halogens is 2. The molecule has 0 radical (unpaired) electrons. The standard InChI is InChI=1S/C17H14BrClO/c18-16-11-15(8-7-14-5-2-1-3-6-14)12-17(13-16)20-10-4-9-19/h1-3,5-6,11-13H,4,9-10H2. The molecule has 0 atom stereocenters. The van der Waals surface area contributed by atoms with Crippen molar-refractivity contribution >= 4 is 27.5 Å². The second-order valence-corrected chi connectivity index (χ2v) is 5.48. The molecule has 0 spiro atoms. The van der Waals surface area contributed by atoms with Crippen molar-refractivity contribution in [2.75, 3.05) is 12.5 Å². The van der Waals surface area contributed by atoms with Crippen molar-refractivity contribution in [3.05, 3.63) is 64.1 Å². The second kappa shape index (κ2) is 7.99. The molecule has 0 aliphatic heterocycles. The topological polar surface area (TPSA) is 9.23 Å². The Morgan fingerprint density at radius 3 is 2.50 bits per heavy atom. The van der Waals surface area contributed by atoms with E-state index in [1.54, 1.807) is 0 Å². The first-order valence-corrected chi connectivity index (χ1v) is 7.67. The molecule has 0 aliphatic carbocycles. The molecule has 0 heterocycles. The van der Waals surface area contributed by atoms with Crippen LogP contribution in [0.5, 0.6) is 5.75 Å². The summed E-state index contributed by atoms with van der Waals surface area (Å²) in [5.41, 5.74) is 1.92. The zero-order valence-electron chi connectivity index (χ0n) is 10.9. The third kappa shape index (κ3) is 4.92. The van der Waals surface area contributed by atoms with Gasteiger partial charge in [-0.05, 0) is 36.8 Å². The normalized spacial score (nSPS) is 9.70. The van der Waals surface area contributed by atoms with Gasteiger partial charge >= 0.3 is 0 Å². The van der Waals surface area contributed by atoms with Crippen LogP contribution in [0.15, 0.2) is 53.0 Å². The second-order valence-electron chi connectivity index (χ2n) is 4.18. The average Bonchev–Trinajstić information content (AvgIpc) is 2.46. The van der Waals surface area contributed by atoms with Crippen LogP contribution in [-0.2, 0) is 0 Å². The van der Waals surface area contributed by atoms with Crippen LogP contribution < -0.4 is 4.74 Å². The van der Waals surface area contributed by atoms with Gasteiger partial charge in [0.2, 0.25) is 0 Å². The van der Waals surface area contributed by atoms with E-state index in [1.165, 1.54) is 0 Å². The number of hydrogen-bond acceptors (Lipinski definition) is 1. The molecule has 3 heteroatoms. The minimum atomic E-state index is 0.606. The summed E-state index contributed by atoms with van der Waals surface area (Å²) in [5, 5.41) is 0. The van der Waals surface area contributed by atoms with Crippen LogP contribution in [0, 0.1) is 11.8 Å². The van der Waals surface area contributed by atoms with E-state index in [1.807, 2.05) is 48.5 Å². The molecule has 20 heavy (non-hydrogen) atoms. The minimum Gasteiger partial charge on any atom is -0.493 e. The zero-order chi connectivity index (χ0) is 14.2. The summed E-state index contributed by atoms with van der Waals surface area (Å²) in [4.78, 5) is 0. The summed E-state index contributed by atoms with van der Waals surface area (Å²) in [7, 11) is 0. The van der Waals surface area contributed by atoms with Crippen molar-refractivity contribution in [3.8, 4) is 17.6 Å². The predicted molar refractivity (Wildman–Crippen MR) is 87.4 cm³/mol. The molecule has 0 unspecified atom stereocenters. The number of rotatable bonds is 4. The van der Waals surface area contributed by atoms with Gasteiger partial charge in [0, 0.05) is 21.5 Å². The highest BCUT2D eigenvalue weighted by molar-refractivity contribution is 9.10. The summed E-state index contributed by atoms with van der Waals surface area (Å²) in [6.45, 7) is 0.617. The Balaban J connectivity index is 2.14. The average molecular weight is 350 g/mol. The first kappa shape index (κ1) is 15.0. The highest BCUT2D eigenvalue weighted by Crippen LogP contribution is 2.21. The smallest absolute Gasteiger partial charge is 0.121 e. The molecule has 0 saturated heterocycles. The molecular formula is C17H14BrClO. The Morgan fingerprint density at radius 1 is 1.00 bits per heavy atom. The molecule has 0 amide bonds. The first-order chi connectivity index (χ1) is 9.78. The molecule has 0 aromatic heterocycles. The van der Waals surface area contributed by atoms with Crippen molar-refractivity contribution in [1.82, 2.24) is 0 Å². The van der Waals surface area contributed by atoms with Crippen LogP contribution in [0.4, 0.5) is 0 Å². The highest BCUT2D eigenvalue weighted by Gasteiger charge is 1.99. The SMILES string of the molecule is ClCCCOc1cc(Br)cc(C#Cc2ccccc2)c1. The molecule has 2 aromatic rings. The van der Waals surface area contributed by atoms with Gasteiger partial charge in [-0.25, -0.2) is 0 Å². The van der Waals surface area contributed by atoms with E-state index in [0.29, 0.717) is 12.5 Å². The van der Waals surface area contributed by atoms with E-state index in [9.17, 15) is 0 Å². The van der Waals surface area contributed by atoms with Gasteiger partial charge in [0.1, 0.15) is 5.75 Å². The molecule has 0 saturated carbocycles. The lowest BCUT2D eigenvalue weighted by molar-refractivity contribution is 0.318. The Labute approximate surface area is 133 Å². The van der Waals surface area contributed by atoms with Crippen molar-refractivity contribution in [1.29, 1.82) is 0 Å². The Morgan fingerprint density at radius 2 is 1.75 bits per heavy atom. The number of alkyl halides is 1. The molecule has 0 fully saturated rings. The molecular weight excluding hydrogens is 336 g/mol. The van der Waals surface area contributed by atoms with Crippen molar-refractivity contribution in [3.63, 3.8) is 0 Å². The largest absolute Gasteiger partial charge is 0.493 e. The van der Waals surface area contributed by atoms with Crippen LogP contribution in [0.3, 0.4) is 0 Å². The maximum atomic E-state index is 5.64. The lowest BCUT2D eigenvalue weighted by Gasteiger charge is -2.06. The van der Waals surface area contributed by atoms with Gasteiger partial charge < -0.3 is 4.74 Å². The molecule has 2 aromatic carbocycles. The van der Waals surface area contributed by atoms with Crippen LogP contribution in [-0.4, -0.2) is 12.5 Å². The van der Waals surface area contributed by atoms with Gasteiger partial charge in [-0.2, -0.15) is 0 Å². The molecule has 102 valence electrons. The molecule has 0 N–H and O–H groups in total. The Hall–Kier alpha value is -1.43. The van der Waals surface area contributed by atoms with E-state index in [4.69, 9.17) is 16.3 Å². The van der Waals surface area contributed by atoms with Gasteiger partial charge in [0.15, 0.2) is 0 Å². The number of benzene rings is 2. The van der Waals surface area contributed by atoms with Gasteiger partial charge in [-0.3, -0.25) is 0 Å². The minimum absolute atomic E-state index is 0.606. The zero-order valence-corrected chi connectivity index (χ0v) is 13.2. The summed E-state index contributed by atoms with van der Waals surface area (Å²) in [6.07, 6.45) is 0.832. The maximum absolute atomic E-state index is 5.64. The van der Waals surface area contributed by atoms with Crippen molar-refractivity contribution < 1.29 is 4.74 Å². The van der Waals surface area contributed by atoms with Gasteiger partial charge in [-0.1, -0.05) is 46.0 Å². The van der Waals surface area contributed by atoms with E-state index >= 15 is 0 Å². The van der Waals surface area contributed by atoms with Gasteiger partial charge in [-0.15, -0.1) is 11.6 Å². The fourth-order valence-electron chi connectivity index (χ4n) is 1.63. The monoisotopic (exact) mass is 348 g/mol. The fourth-order valence-corrected chi connectivity index (χ4v) is 2.21. The Kier molecular flexibility index (Phi) is 5.98. The number of hydrogen-bond donors (Lipinski definition) is 0. The van der Waals surface area contributed by atoms with Gasteiger partial charge in [0.25, 0.3) is 0 Å². The van der Waals surface area contributed by atoms with Gasteiger partial charge in [0.05, 0.1) is 6.61 Å². The lowest BCUT2D eigenvalue weighted by Crippen LogP contribution is -1.98. The van der Waals surface area contributed by atoms with Crippen LogP contribution in [0.25, 0.3) is 0 Å². The van der Waals surface area contributed by atoms with E-state index in [0.717, 1.165) is 27.8 Å². The highest BCUT2D eigenvalue weighted by atomic mass is 79.9.